The molecule has 3 rings (SSSR count). The molecule has 0 radical (unpaired) electrons. The normalized spacial score (nSPS) is 32.0. The summed E-state index contributed by atoms with van der Waals surface area (Å²) in [5.74, 6) is -1.96. The van der Waals surface area contributed by atoms with Crippen LogP contribution in [0, 0.1) is 17.8 Å². The van der Waals surface area contributed by atoms with Gasteiger partial charge in [0.15, 0.2) is 0 Å². The van der Waals surface area contributed by atoms with E-state index >= 15 is 0 Å². The van der Waals surface area contributed by atoms with E-state index in [-0.39, 0.29) is 30.2 Å². The molecule has 3 aliphatic rings. The Balaban J connectivity index is 2.18. The van der Waals surface area contributed by atoms with Crippen molar-refractivity contribution in [2.45, 2.75) is 89.6 Å². The van der Waals surface area contributed by atoms with Gasteiger partial charge in [0, 0.05) is 25.7 Å². The number of rotatable bonds is 10. The molecule has 3 heterocycles. The zero-order valence-corrected chi connectivity index (χ0v) is 23.1. The van der Waals surface area contributed by atoms with E-state index in [9.17, 15) is 19.5 Å². The van der Waals surface area contributed by atoms with Crippen LogP contribution in [-0.2, 0) is 19.1 Å². The van der Waals surface area contributed by atoms with Gasteiger partial charge in [-0.3, -0.25) is 14.4 Å². The third-order valence-corrected chi connectivity index (χ3v) is 8.23. The van der Waals surface area contributed by atoms with Gasteiger partial charge in [0.2, 0.25) is 17.7 Å². The summed E-state index contributed by atoms with van der Waals surface area (Å²) in [5.41, 5.74) is -2.48. The van der Waals surface area contributed by atoms with E-state index < -0.39 is 40.7 Å². The average Bonchev–Trinajstić information content (AvgIpc) is 3.35. The lowest BCUT2D eigenvalue weighted by molar-refractivity contribution is -0.159. The molecular weight excluding hydrogens is 458 g/mol. The van der Waals surface area contributed by atoms with Crippen LogP contribution in [-0.4, -0.2) is 93.1 Å². The number of carbonyl (C=O) groups is 3. The first-order chi connectivity index (χ1) is 16.7. The van der Waals surface area contributed by atoms with Gasteiger partial charge in [-0.1, -0.05) is 26.0 Å². The Bertz CT molecular complexity index is 911. The van der Waals surface area contributed by atoms with E-state index in [1.807, 2.05) is 41.5 Å². The molecule has 3 aliphatic heterocycles. The molecule has 2 unspecified atom stereocenters. The van der Waals surface area contributed by atoms with Crippen molar-refractivity contribution in [3.8, 4) is 0 Å². The van der Waals surface area contributed by atoms with Crippen LogP contribution in [0.4, 0.5) is 0 Å². The number of aliphatic hydroxyl groups is 1. The minimum absolute atomic E-state index is 0.173. The lowest BCUT2D eigenvalue weighted by atomic mass is 9.66. The fourth-order valence-electron chi connectivity index (χ4n) is 6.72. The van der Waals surface area contributed by atoms with Gasteiger partial charge < -0.3 is 24.5 Å². The van der Waals surface area contributed by atoms with Crippen LogP contribution >= 0.6 is 0 Å². The number of amides is 3. The number of nitrogens with zero attached hydrogens (tertiary/aromatic N) is 3. The second-order valence-electron chi connectivity index (χ2n) is 12.4. The Morgan fingerprint density at radius 2 is 1.81 bits per heavy atom. The Morgan fingerprint density at radius 3 is 2.31 bits per heavy atom. The van der Waals surface area contributed by atoms with Crippen LogP contribution < -0.4 is 0 Å². The second-order valence-corrected chi connectivity index (χ2v) is 12.4. The summed E-state index contributed by atoms with van der Waals surface area (Å²) < 4.78 is 6.72. The monoisotopic (exact) mass is 503 g/mol. The molecule has 6 atom stereocenters. The molecule has 0 saturated carbocycles. The first-order valence-electron chi connectivity index (χ1n) is 13.1. The number of carbonyl (C=O) groups excluding carboxylic acids is 3. The summed E-state index contributed by atoms with van der Waals surface area (Å²) >= 11 is 0. The number of likely N-dealkylation sites (N-methyl/N-ethyl adjacent to an activating group) is 1. The second kappa shape index (κ2) is 9.93. The van der Waals surface area contributed by atoms with Crippen molar-refractivity contribution in [3.63, 3.8) is 0 Å². The van der Waals surface area contributed by atoms with Crippen LogP contribution in [0.15, 0.2) is 25.3 Å². The van der Waals surface area contributed by atoms with Gasteiger partial charge in [0.25, 0.3) is 0 Å². The van der Waals surface area contributed by atoms with Gasteiger partial charge >= 0.3 is 0 Å². The predicted octanol–water partition coefficient (Wildman–Crippen LogP) is 2.62. The molecule has 3 saturated heterocycles. The highest BCUT2D eigenvalue weighted by molar-refractivity contribution is 5.99. The number of aliphatic hydroxyl groups excluding tert-OH is 1. The number of hydrogen-bond donors (Lipinski definition) is 1. The molecule has 1 spiro atoms. The Labute approximate surface area is 216 Å². The smallest absolute Gasteiger partial charge is 0.249 e. The lowest BCUT2D eigenvalue weighted by Gasteiger charge is -2.43. The third-order valence-electron chi connectivity index (χ3n) is 8.23. The predicted molar refractivity (Wildman–Crippen MR) is 139 cm³/mol. The summed E-state index contributed by atoms with van der Waals surface area (Å²) in [7, 11) is 1.70. The highest BCUT2D eigenvalue weighted by Crippen LogP contribution is 2.64. The molecule has 0 aromatic carbocycles. The topological polar surface area (TPSA) is 90.4 Å². The number of hydrogen-bond acceptors (Lipinski definition) is 5. The molecular formula is C28H45N3O5. The molecule has 202 valence electrons. The Hall–Kier alpha value is -2.19. The summed E-state index contributed by atoms with van der Waals surface area (Å²) in [6, 6.07) is -1.47. The summed E-state index contributed by atoms with van der Waals surface area (Å²) in [6.45, 7) is 19.8. The van der Waals surface area contributed by atoms with E-state index in [0.29, 0.717) is 32.4 Å². The molecule has 3 fully saturated rings. The number of likely N-dealkylation sites (tertiary alicyclic amines) is 1. The first-order valence-corrected chi connectivity index (χ1v) is 13.1. The van der Waals surface area contributed by atoms with Gasteiger partial charge in [0.05, 0.1) is 30.1 Å². The van der Waals surface area contributed by atoms with Gasteiger partial charge in [-0.25, -0.2) is 0 Å². The van der Waals surface area contributed by atoms with Crippen LogP contribution in [0.1, 0.15) is 60.8 Å². The lowest BCUT2D eigenvalue weighted by Crippen LogP contribution is -2.61. The summed E-state index contributed by atoms with van der Waals surface area (Å²) in [6.07, 6.45) is 4.96. The quantitative estimate of drug-likeness (QED) is 0.463. The highest BCUT2D eigenvalue weighted by atomic mass is 16.5. The van der Waals surface area contributed by atoms with Crippen LogP contribution in [0.5, 0.6) is 0 Å². The zero-order valence-electron chi connectivity index (χ0n) is 23.1. The standard InChI is InChI=1S/C28H45N3O5/c1-10-14-29(9)23(33)20-21-24(34)31(19(17-32)16-18(3)4)22(28(21)13-12-27(20,8)36-28)25(35)30(15-11-2)26(5,6)7/h10-11,18-22,32H,1-2,12-17H2,3-9H3/t19-,20-,21+,22?,27+,28?/m1/s1. The Kier molecular flexibility index (Phi) is 7.83. The molecule has 8 heteroatoms. The van der Waals surface area contributed by atoms with Crippen LogP contribution in [0.2, 0.25) is 0 Å². The third kappa shape index (κ3) is 4.40. The maximum Gasteiger partial charge on any atom is 0.249 e. The molecule has 2 bridgehead atoms. The fraction of sp³-hybridized carbons (Fsp3) is 0.750. The Morgan fingerprint density at radius 1 is 1.19 bits per heavy atom. The molecule has 0 aromatic rings. The van der Waals surface area contributed by atoms with Gasteiger partial charge in [-0.2, -0.15) is 0 Å². The zero-order chi connectivity index (χ0) is 27.2. The van der Waals surface area contributed by atoms with E-state index in [4.69, 9.17) is 4.74 Å². The maximum atomic E-state index is 14.4. The largest absolute Gasteiger partial charge is 0.394 e. The SMILES string of the molecule is C=CCN(C)C(=O)[C@H]1[C@H]2C(=O)N([C@@H](CO)CC(C)C)C(C(=O)N(CC=C)C(C)(C)C)C23CC[C@]1(C)O3. The van der Waals surface area contributed by atoms with Crippen LogP contribution in [0.3, 0.4) is 0 Å². The van der Waals surface area contributed by atoms with Crippen molar-refractivity contribution >= 4 is 17.7 Å². The molecule has 8 nitrogen and oxygen atoms in total. The number of ether oxygens (including phenoxy) is 1. The minimum atomic E-state index is -1.12. The molecule has 1 N–H and O–H groups in total. The van der Waals surface area contributed by atoms with Crippen molar-refractivity contribution in [1.29, 1.82) is 0 Å². The van der Waals surface area contributed by atoms with Gasteiger partial charge in [-0.15, -0.1) is 13.2 Å². The molecule has 0 aliphatic carbocycles. The maximum absolute atomic E-state index is 14.4. The fourth-order valence-corrected chi connectivity index (χ4v) is 6.72. The van der Waals surface area contributed by atoms with E-state index in [1.165, 1.54) is 0 Å². The molecule has 3 amide bonds. The molecule has 0 aromatic heterocycles. The van der Waals surface area contributed by atoms with E-state index in [1.54, 1.807) is 33.9 Å². The summed E-state index contributed by atoms with van der Waals surface area (Å²) in [4.78, 5) is 47.2. The van der Waals surface area contributed by atoms with Crippen LogP contribution in [0.25, 0.3) is 0 Å². The van der Waals surface area contributed by atoms with Gasteiger partial charge in [0.1, 0.15) is 11.6 Å². The van der Waals surface area contributed by atoms with Crippen molar-refractivity contribution < 1.29 is 24.2 Å². The minimum Gasteiger partial charge on any atom is -0.394 e. The van der Waals surface area contributed by atoms with Crippen molar-refractivity contribution in [1.82, 2.24) is 14.7 Å². The van der Waals surface area contributed by atoms with Crippen molar-refractivity contribution in [3.05, 3.63) is 25.3 Å². The molecule has 36 heavy (non-hydrogen) atoms. The van der Waals surface area contributed by atoms with Gasteiger partial charge in [-0.05, 0) is 52.9 Å². The van der Waals surface area contributed by atoms with E-state index in [2.05, 4.69) is 13.2 Å². The number of fused-ring (bicyclic) bond motifs is 1. The van der Waals surface area contributed by atoms with Crippen molar-refractivity contribution in [2.24, 2.45) is 17.8 Å². The average molecular weight is 504 g/mol. The van der Waals surface area contributed by atoms with E-state index in [0.717, 1.165) is 0 Å². The first kappa shape index (κ1) is 28.4. The highest BCUT2D eigenvalue weighted by Gasteiger charge is 2.78. The van der Waals surface area contributed by atoms with Crippen molar-refractivity contribution in [2.75, 3.05) is 26.7 Å². The summed E-state index contributed by atoms with van der Waals surface area (Å²) in [5, 5.41) is 10.4.